The molecule has 8 nitrogen and oxygen atoms in total. The first-order valence-corrected chi connectivity index (χ1v) is 10.2. The van der Waals surface area contributed by atoms with Gasteiger partial charge in [0.2, 0.25) is 0 Å². The highest BCUT2D eigenvalue weighted by Crippen LogP contribution is 2.38. The number of rotatable bonds is 4. The minimum atomic E-state index is 0.122. The maximum absolute atomic E-state index is 10.0. The highest BCUT2D eigenvalue weighted by molar-refractivity contribution is 6.00. The van der Waals surface area contributed by atoms with Gasteiger partial charge in [-0.2, -0.15) is 5.10 Å². The number of nitrogens with one attached hydrogen (secondary N) is 1. The van der Waals surface area contributed by atoms with Crippen LogP contribution >= 0.6 is 0 Å². The van der Waals surface area contributed by atoms with Crippen LogP contribution in [0, 0.1) is 5.92 Å². The van der Waals surface area contributed by atoms with Crippen molar-refractivity contribution in [3.63, 3.8) is 0 Å². The zero-order chi connectivity index (χ0) is 19.8. The smallest absolute Gasteiger partial charge is 0.131 e. The van der Waals surface area contributed by atoms with Crippen LogP contribution in [-0.4, -0.2) is 70.8 Å². The van der Waals surface area contributed by atoms with Gasteiger partial charge in [0.05, 0.1) is 37.2 Å². The molecule has 5 heterocycles. The molecular formula is C21H26N6O2. The summed E-state index contributed by atoms with van der Waals surface area (Å²) in [4.78, 5) is 14.3. The van der Waals surface area contributed by atoms with Crippen molar-refractivity contribution < 1.29 is 9.84 Å². The number of aromatic amines is 1. The van der Waals surface area contributed by atoms with Gasteiger partial charge in [-0.25, -0.2) is 4.98 Å². The lowest BCUT2D eigenvalue weighted by atomic mass is 10.1. The Bertz CT molecular complexity index is 986. The number of hydrogen-bond donors (Lipinski definition) is 2. The van der Waals surface area contributed by atoms with Crippen molar-refractivity contribution in [2.75, 3.05) is 49.3 Å². The van der Waals surface area contributed by atoms with E-state index in [2.05, 4.69) is 38.0 Å². The van der Waals surface area contributed by atoms with E-state index in [-0.39, 0.29) is 12.6 Å². The van der Waals surface area contributed by atoms with E-state index in [1.807, 2.05) is 18.3 Å². The van der Waals surface area contributed by atoms with Crippen LogP contribution in [0.1, 0.15) is 13.3 Å². The summed E-state index contributed by atoms with van der Waals surface area (Å²) in [6.07, 6.45) is 4.55. The highest BCUT2D eigenvalue weighted by Gasteiger charge is 2.31. The number of H-pyrrole nitrogens is 1. The lowest BCUT2D eigenvalue weighted by Crippen LogP contribution is -2.37. The molecule has 0 aliphatic carbocycles. The van der Waals surface area contributed by atoms with Gasteiger partial charge in [0.15, 0.2) is 0 Å². The first-order chi connectivity index (χ1) is 14.2. The van der Waals surface area contributed by atoms with Crippen LogP contribution < -0.4 is 9.80 Å². The Hall–Kier alpha value is -2.71. The van der Waals surface area contributed by atoms with Gasteiger partial charge < -0.3 is 19.6 Å². The number of hydrogen-bond acceptors (Lipinski definition) is 7. The van der Waals surface area contributed by atoms with Gasteiger partial charge in [-0.05, 0) is 24.5 Å². The summed E-state index contributed by atoms with van der Waals surface area (Å²) in [6.45, 7) is 6.36. The Morgan fingerprint density at radius 1 is 1.24 bits per heavy atom. The quantitative estimate of drug-likeness (QED) is 0.700. The summed E-state index contributed by atoms with van der Waals surface area (Å²) in [5.41, 5.74) is 3.61. The minimum absolute atomic E-state index is 0.122. The number of aliphatic hydroxyl groups excluding tert-OH is 1. The molecule has 0 radical (unpaired) electrons. The summed E-state index contributed by atoms with van der Waals surface area (Å²) < 4.78 is 5.53. The monoisotopic (exact) mass is 394 g/mol. The van der Waals surface area contributed by atoms with Crippen molar-refractivity contribution in [1.29, 1.82) is 0 Å². The van der Waals surface area contributed by atoms with Gasteiger partial charge in [-0.15, -0.1) is 0 Å². The molecule has 0 spiro atoms. The van der Waals surface area contributed by atoms with E-state index >= 15 is 0 Å². The van der Waals surface area contributed by atoms with Crippen LogP contribution in [-0.2, 0) is 4.74 Å². The Labute approximate surface area is 169 Å². The minimum Gasteiger partial charge on any atom is -0.394 e. The third kappa shape index (κ3) is 3.32. The molecule has 3 aromatic rings. The Morgan fingerprint density at radius 3 is 2.86 bits per heavy atom. The summed E-state index contributed by atoms with van der Waals surface area (Å²) in [6, 6.07) is 6.24. The van der Waals surface area contributed by atoms with Crippen LogP contribution in [0.5, 0.6) is 0 Å². The zero-order valence-electron chi connectivity index (χ0n) is 16.6. The maximum Gasteiger partial charge on any atom is 0.131 e. The van der Waals surface area contributed by atoms with E-state index in [0.717, 1.165) is 59.9 Å². The van der Waals surface area contributed by atoms with Crippen LogP contribution in [0.4, 0.5) is 11.5 Å². The van der Waals surface area contributed by atoms with Gasteiger partial charge in [-0.1, -0.05) is 6.92 Å². The molecule has 2 N–H and O–H groups in total. The number of aliphatic hydroxyl groups is 1. The molecule has 8 heteroatoms. The van der Waals surface area contributed by atoms with Gasteiger partial charge in [0, 0.05) is 43.5 Å². The third-order valence-electron chi connectivity index (χ3n) is 5.93. The number of aromatic nitrogens is 4. The Kier molecular flexibility index (Phi) is 4.81. The number of nitrogens with zero attached hydrogens (tertiary/aromatic N) is 5. The number of fused-ring (bicyclic) bond motifs is 1. The second kappa shape index (κ2) is 7.61. The second-order valence-electron chi connectivity index (χ2n) is 7.95. The van der Waals surface area contributed by atoms with E-state index in [0.29, 0.717) is 19.1 Å². The fourth-order valence-electron chi connectivity index (χ4n) is 4.52. The average molecular weight is 394 g/mol. The fourth-order valence-corrected chi connectivity index (χ4v) is 4.52. The molecule has 0 aromatic carbocycles. The first kappa shape index (κ1) is 18.3. The molecule has 5 rings (SSSR count). The summed E-state index contributed by atoms with van der Waals surface area (Å²) in [7, 11) is 0. The lowest BCUT2D eigenvalue weighted by molar-refractivity contribution is 0.122. The molecule has 2 aliphatic heterocycles. The Morgan fingerprint density at radius 2 is 2.10 bits per heavy atom. The summed E-state index contributed by atoms with van der Waals surface area (Å²) in [5, 5.41) is 18.2. The van der Waals surface area contributed by atoms with Crippen LogP contribution in [0.3, 0.4) is 0 Å². The topological polar surface area (TPSA) is 90.4 Å². The molecule has 152 valence electrons. The number of morpholine rings is 1. The van der Waals surface area contributed by atoms with Gasteiger partial charge in [0.25, 0.3) is 0 Å². The molecule has 0 unspecified atom stereocenters. The molecule has 3 aromatic heterocycles. The van der Waals surface area contributed by atoms with Crippen molar-refractivity contribution >= 4 is 22.4 Å². The van der Waals surface area contributed by atoms with E-state index in [1.165, 1.54) is 0 Å². The number of anilines is 2. The van der Waals surface area contributed by atoms with Gasteiger partial charge in [-0.3, -0.25) is 10.1 Å². The lowest BCUT2D eigenvalue weighted by Gasteiger charge is -2.31. The summed E-state index contributed by atoms with van der Waals surface area (Å²) >= 11 is 0. The van der Waals surface area contributed by atoms with Crippen LogP contribution in [0.2, 0.25) is 0 Å². The predicted octanol–water partition coefficient (Wildman–Crippen LogP) is 2.06. The predicted molar refractivity (Wildman–Crippen MR) is 112 cm³/mol. The van der Waals surface area contributed by atoms with Crippen molar-refractivity contribution in [2.24, 2.45) is 5.92 Å². The summed E-state index contributed by atoms with van der Waals surface area (Å²) in [5.74, 6) is 1.47. The number of pyridine rings is 2. The largest absolute Gasteiger partial charge is 0.394 e. The molecule has 0 amide bonds. The highest BCUT2D eigenvalue weighted by atomic mass is 16.5. The van der Waals surface area contributed by atoms with Crippen molar-refractivity contribution in [3.8, 4) is 11.4 Å². The normalized spacial score (nSPS) is 22.6. The number of ether oxygens (including phenoxy) is 1. The Balaban J connectivity index is 1.71. The van der Waals surface area contributed by atoms with E-state index in [1.54, 1.807) is 6.20 Å². The molecule has 2 aliphatic rings. The van der Waals surface area contributed by atoms with E-state index in [9.17, 15) is 5.11 Å². The second-order valence-corrected chi connectivity index (χ2v) is 7.95. The van der Waals surface area contributed by atoms with E-state index < -0.39 is 0 Å². The molecule has 0 saturated carbocycles. The molecule has 2 saturated heterocycles. The molecule has 0 bridgehead atoms. The molecule has 2 atom stereocenters. The maximum atomic E-state index is 10.0. The molecule has 29 heavy (non-hydrogen) atoms. The van der Waals surface area contributed by atoms with Crippen LogP contribution in [0.15, 0.2) is 30.6 Å². The van der Waals surface area contributed by atoms with Gasteiger partial charge in [0.1, 0.15) is 17.0 Å². The standard InChI is InChI=1S/C21H26N6O2/c1-14-10-15(13-28)27(12-14)18-11-19(26-6-8-29-9-7-26)24-20-16(18)2-4-22-21(20)17-3-5-23-25-17/h2-5,11,14-15,28H,6-10,12-13H2,1H3,(H,23,25)/t14-,15+/m1/s1. The molecular weight excluding hydrogens is 368 g/mol. The fraction of sp³-hybridized carbons (Fsp3) is 0.476. The van der Waals surface area contributed by atoms with Gasteiger partial charge >= 0.3 is 0 Å². The van der Waals surface area contributed by atoms with Crippen molar-refractivity contribution in [1.82, 2.24) is 20.2 Å². The zero-order valence-corrected chi connectivity index (χ0v) is 16.6. The molecule has 2 fully saturated rings. The average Bonchev–Trinajstić information content (AvgIpc) is 3.42. The van der Waals surface area contributed by atoms with Crippen molar-refractivity contribution in [3.05, 3.63) is 30.6 Å². The van der Waals surface area contributed by atoms with Crippen LogP contribution in [0.25, 0.3) is 22.3 Å². The SMILES string of the molecule is C[C@@H]1C[C@@H](CO)N(c2cc(N3CCOCC3)nc3c(-c4ccn[nH]4)nccc23)C1. The third-order valence-corrected chi connectivity index (χ3v) is 5.93. The van der Waals surface area contributed by atoms with Crippen molar-refractivity contribution in [2.45, 2.75) is 19.4 Å². The first-order valence-electron chi connectivity index (χ1n) is 10.2. The van der Waals surface area contributed by atoms with E-state index in [4.69, 9.17) is 9.72 Å².